The van der Waals surface area contributed by atoms with Crippen molar-refractivity contribution in [1.29, 1.82) is 0 Å². The molecule has 13 nitrogen and oxygen atoms in total. The highest BCUT2D eigenvalue weighted by Crippen LogP contribution is 2.42. The first-order valence-corrected chi connectivity index (χ1v) is 21.2. The molecule has 64 heavy (non-hydrogen) atoms. The molecule has 4 aliphatic rings. The predicted molar refractivity (Wildman–Crippen MR) is 246 cm³/mol. The molecule has 4 aliphatic heterocycles. The second-order valence-electron chi connectivity index (χ2n) is 15.8. The van der Waals surface area contributed by atoms with Crippen molar-refractivity contribution < 1.29 is 38.0 Å². The number of nitrogens with one attached hydrogen (secondary N) is 1. The van der Waals surface area contributed by atoms with Crippen LogP contribution in [0.15, 0.2) is 113 Å². The molecule has 1 N–H and O–H groups in total. The Hall–Kier alpha value is -7.38. The third kappa shape index (κ3) is 8.41. The second kappa shape index (κ2) is 18.1. The summed E-state index contributed by atoms with van der Waals surface area (Å²) in [5.41, 5.74) is 8.92. The number of ether oxygens (including phenoxy) is 6. The topological polar surface area (TPSA) is 133 Å². The first-order valence-electron chi connectivity index (χ1n) is 21.2. The zero-order valence-electron chi connectivity index (χ0n) is 36.4. The molecule has 0 spiro atoms. The molecular weight excluding hydrogens is 811 g/mol. The largest absolute Gasteiger partial charge is 0.497 e. The van der Waals surface area contributed by atoms with Crippen molar-refractivity contribution in [3.8, 4) is 34.5 Å². The van der Waals surface area contributed by atoms with Crippen molar-refractivity contribution in [2.45, 2.75) is 51.6 Å². The Bertz CT molecular complexity index is 2550. The number of aliphatic imine (C=N–C) groups is 2. The highest BCUT2D eigenvalue weighted by Gasteiger charge is 2.35. The van der Waals surface area contributed by atoms with Crippen LogP contribution in [0.1, 0.15) is 68.3 Å². The van der Waals surface area contributed by atoms with Crippen molar-refractivity contribution in [3.63, 3.8) is 0 Å². The number of carbonyl (C=O) groups is 2. The molecule has 0 bridgehead atoms. The number of hydrogen-bond donors (Lipinski definition) is 1. The molecule has 5 aromatic rings. The van der Waals surface area contributed by atoms with E-state index in [1.807, 2.05) is 79.4 Å². The van der Waals surface area contributed by atoms with Crippen molar-refractivity contribution in [2.75, 3.05) is 35.0 Å². The summed E-state index contributed by atoms with van der Waals surface area (Å²) in [5.74, 6) is 3.03. The molecular formula is C51H49N5O8. The number of fused-ring (bicyclic) bond motifs is 4. The van der Waals surface area contributed by atoms with Gasteiger partial charge in [0, 0.05) is 56.3 Å². The molecule has 13 heteroatoms. The van der Waals surface area contributed by atoms with Gasteiger partial charge in [0.05, 0.1) is 63.0 Å². The van der Waals surface area contributed by atoms with Crippen LogP contribution in [-0.4, -0.2) is 81.1 Å². The fourth-order valence-electron chi connectivity index (χ4n) is 8.45. The van der Waals surface area contributed by atoms with Crippen LogP contribution in [0, 0.1) is 0 Å². The maximum Gasteiger partial charge on any atom is 0.260 e. The van der Waals surface area contributed by atoms with Gasteiger partial charge < -0.3 is 43.5 Å². The Labute approximate surface area is 372 Å². The SMILES string of the molecule is CCNCc1cc(COc2cc3c(cc2OC)C(=O)N2C=C(c4ccc(OC)cc4)CC2C=N3)cc(COc2cc3c(cc2OC)C(=O)N2C=C(c4ccc(OC)cc4)CC2C=N3)c1. The monoisotopic (exact) mass is 859 g/mol. The van der Waals surface area contributed by atoms with Gasteiger partial charge in [0.1, 0.15) is 24.7 Å². The van der Waals surface area contributed by atoms with E-state index in [2.05, 4.69) is 24.4 Å². The van der Waals surface area contributed by atoms with Crippen LogP contribution in [0.4, 0.5) is 11.4 Å². The Balaban J connectivity index is 0.912. The fraction of sp³-hybridized carbons (Fsp3) is 0.255. The molecule has 0 saturated carbocycles. The quantitative estimate of drug-likeness (QED) is 0.110. The van der Waals surface area contributed by atoms with E-state index in [-0.39, 0.29) is 37.1 Å². The summed E-state index contributed by atoms with van der Waals surface area (Å²) in [7, 11) is 6.40. The third-order valence-corrected chi connectivity index (χ3v) is 11.8. The molecule has 4 heterocycles. The molecule has 0 saturated heterocycles. The number of methoxy groups -OCH3 is 4. The zero-order chi connectivity index (χ0) is 44.3. The third-order valence-electron chi connectivity index (χ3n) is 11.8. The number of rotatable bonds is 15. The smallest absolute Gasteiger partial charge is 0.260 e. The summed E-state index contributed by atoms with van der Waals surface area (Å²) in [4.78, 5) is 41.0. The minimum Gasteiger partial charge on any atom is -0.497 e. The summed E-state index contributed by atoms with van der Waals surface area (Å²) in [6, 6.07) is 28.4. The number of carbonyl (C=O) groups excluding carboxylic acids is 2. The van der Waals surface area contributed by atoms with Crippen LogP contribution in [0.5, 0.6) is 34.5 Å². The van der Waals surface area contributed by atoms with Crippen LogP contribution in [0.2, 0.25) is 0 Å². The molecule has 0 radical (unpaired) electrons. The predicted octanol–water partition coefficient (Wildman–Crippen LogP) is 8.93. The Kier molecular flexibility index (Phi) is 11.9. The average Bonchev–Trinajstić information content (AvgIpc) is 3.91. The van der Waals surface area contributed by atoms with Crippen molar-refractivity contribution in [2.24, 2.45) is 9.98 Å². The van der Waals surface area contributed by atoms with E-state index in [1.54, 1.807) is 62.5 Å². The maximum atomic E-state index is 14.0. The average molecular weight is 860 g/mol. The number of amides is 2. The van der Waals surface area contributed by atoms with E-state index in [0.29, 0.717) is 64.9 Å². The van der Waals surface area contributed by atoms with Gasteiger partial charge in [0.15, 0.2) is 23.0 Å². The zero-order valence-corrected chi connectivity index (χ0v) is 36.4. The molecule has 0 fully saturated rings. The minimum absolute atomic E-state index is 0.159. The van der Waals surface area contributed by atoms with Gasteiger partial charge in [-0.1, -0.05) is 43.3 Å². The van der Waals surface area contributed by atoms with E-state index < -0.39 is 0 Å². The first-order chi connectivity index (χ1) is 31.2. The lowest BCUT2D eigenvalue weighted by Gasteiger charge is -2.19. The fourth-order valence-corrected chi connectivity index (χ4v) is 8.45. The molecule has 2 amide bonds. The molecule has 9 rings (SSSR count). The van der Waals surface area contributed by atoms with Gasteiger partial charge in [0.25, 0.3) is 11.8 Å². The van der Waals surface area contributed by atoms with Gasteiger partial charge >= 0.3 is 0 Å². The Morgan fingerprint density at radius 2 is 1.00 bits per heavy atom. The van der Waals surface area contributed by atoms with Gasteiger partial charge in [-0.3, -0.25) is 19.6 Å². The van der Waals surface area contributed by atoms with Crippen molar-refractivity contribution in [3.05, 3.63) is 142 Å². The maximum absolute atomic E-state index is 14.0. The number of hydrogen-bond acceptors (Lipinski definition) is 11. The highest BCUT2D eigenvalue weighted by atomic mass is 16.5. The molecule has 5 aromatic carbocycles. The van der Waals surface area contributed by atoms with Crippen LogP contribution >= 0.6 is 0 Å². The molecule has 326 valence electrons. The lowest BCUT2D eigenvalue weighted by molar-refractivity contribution is 0.0809. The van der Waals surface area contributed by atoms with E-state index in [9.17, 15) is 9.59 Å². The van der Waals surface area contributed by atoms with Gasteiger partial charge in [-0.15, -0.1) is 0 Å². The molecule has 2 unspecified atom stereocenters. The molecule has 0 aromatic heterocycles. The normalized spacial score (nSPS) is 17.1. The van der Waals surface area contributed by atoms with Crippen LogP contribution < -0.4 is 33.7 Å². The first kappa shape index (κ1) is 41.9. The summed E-state index contributed by atoms with van der Waals surface area (Å²) < 4.78 is 35.0. The van der Waals surface area contributed by atoms with Crippen LogP contribution in [0.25, 0.3) is 11.1 Å². The van der Waals surface area contributed by atoms with E-state index in [4.69, 9.17) is 38.4 Å². The van der Waals surface area contributed by atoms with Crippen LogP contribution in [-0.2, 0) is 19.8 Å². The standard InChI is InChI=1S/C51H49N5O8/c1-6-52-24-31-15-32(29-63-48-22-44-42(20-46(48)61-4)50(57)55-27-36(18-38(55)25-53-44)34-7-11-40(59-2)12-8-34)17-33(16-31)30-64-49-23-45-43(21-47(49)62-5)51(58)56-28-37(19-39(56)26-54-45)35-9-13-41(60-3)14-10-35/h7-17,20-23,25-28,38-39,52H,6,18-19,24,29-30H2,1-5H3. The van der Waals surface area contributed by atoms with Gasteiger partial charge in [-0.25, -0.2) is 0 Å². The van der Waals surface area contributed by atoms with Crippen molar-refractivity contribution >= 4 is 46.8 Å². The minimum atomic E-state index is -0.219. The summed E-state index contributed by atoms with van der Waals surface area (Å²) in [6.07, 6.45) is 8.75. The lowest BCUT2D eigenvalue weighted by Crippen LogP contribution is -2.32. The van der Waals surface area contributed by atoms with E-state index in [1.165, 1.54) is 0 Å². The van der Waals surface area contributed by atoms with Crippen molar-refractivity contribution in [1.82, 2.24) is 15.1 Å². The lowest BCUT2D eigenvalue weighted by atomic mass is 10.0. The Morgan fingerprint density at radius 1 is 0.562 bits per heavy atom. The summed E-state index contributed by atoms with van der Waals surface area (Å²) >= 11 is 0. The highest BCUT2D eigenvalue weighted by molar-refractivity contribution is 6.06. The van der Waals surface area contributed by atoms with Crippen LogP contribution in [0.3, 0.4) is 0 Å². The van der Waals surface area contributed by atoms with Gasteiger partial charge in [-0.2, -0.15) is 0 Å². The number of nitrogens with zero attached hydrogens (tertiary/aromatic N) is 4. The van der Waals surface area contributed by atoms with Gasteiger partial charge in [0.2, 0.25) is 0 Å². The summed E-state index contributed by atoms with van der Waals surface area (Å²) in [6.45, 7) is 3.94. The van der Waals surface area contributed by atoms with Gasteiger partial charge in [-0.05, 0) is 88.0 Å². The second-order valence-corrected chi connectivity index (χ2v) is 15.8. The van der Waals surface area contributed by atoms with E-state index in [0.717, 1.165) is 57.0 Å². The molecule has 2 atom stereocenters. The van der Waals surface area contributed by atoms with E-state index >= 15 is 0 Å². The summed E-state index contributed by atoms with van der Waals surface area (Å²) in [5, 5.41) is 3.41. The molecule has 0 aliphatic carbocycles. The Morgan fingerprint density at radius 3 is 1.41 bits per heavy atom. The number of benzene rings is 5.